The average molecular weight is 356 g/mol. The van der Waals surface area contributed by atoms with Crippen LogP contribution in [-0.4, -0.2) is 12.2 Å². The van der Waals surface area contributed by atoms with E-state index in [2.05, 4.69) is 9.98 Å². The van der Waals surface area contributed by atoms with Crippen molar-refractivity contribution in [2.45, 2.75) is 5.92 Å². The van der Waals surface area contributed by atoms with Crippen LogP contribution in [0.1, 0.15) is 22.6 Å². The van der Waals surface area contributed by atoms with Crippen molar-refractivity contribution in [2.75, 3.05) is 11.5 Å². The minimum atomic E-state index is -0.278. The van der Waals surface area contributed by atoms with Gasteiger partial charge in [0.2, 0.25) is 12.2 Å². The summed E-state index contributed by atoms with van der Waals surface area (Å²) < 4.78 is 0. The Morgan fingerprint density at radius 2 is 1.22 bits per heavy atom. The molecule has 0 spiro atoms. The smallest absolute Gasteiger partial charge is 0.240 e. The first kappa shape index (κ1) is 17.8. The van der Waals surface area contributed by atoms with Gasteiger partial charge in [-0.05, 0) is 59.2 Å². The Labute approximate surface area is 155 Å². The van der Waals surface area contributed by atoms with Crippen molar-refractivity contribution in [2.24, 2.45) is 9.98 Å². The maximum atomic E-state index is 10.9. The molecule has 0 bridgehead atoms. The second-order valence-electron chi connectivity index (χ2n) is 5.92. The molecule has 6 nitrogen and oxygen atoms in total. The third kappa shape index (κ3) is 3.99. The van der Waals surface area contributed by atoms with Crippen LogP contribution < -0.4 is 11.5 Å². The first-order valence-electron chi connectivity index (χ1n) is 8.13. The molecule has 0 heterocycles. The fourth-order valence-corrected chi connectivity index (χ4v) is 2.97. The van der Waals surface area contributed by atoms with Gasteiger partial charge in [0.15, 0.2) is 0 Å². The third-order valence-electron chi connectivity index (χ3n) is 4.20. The molecule has 0 saturated heterocycles. The van der Waals surface area contributed by atoms with Crippen molar-refractivity contribution in [3.05, 3.63) is 83.4 Å². The van der Waals surface area contributed by atoms with Gasteiger partial charge in [-0.3, -0.25) is 0 Å². The quantitative estimate of drug-likeness (QED) is 0.312. The van der Waals surface area contributed by atoms with Crippen molar-refractivity contribution >= 4 is 34.9 Å². The highest BCUT2D eigenvalue weighted by atomic mass is 16.1. The summed E-state index contributed by atoms with van der Waals surface area (Å²) >= 11 is 0. The van der Waals surface area contributed by atoms with Gasteiger partial charge in [0.1, 0.15) is 0 Å². The van der Waals surface area contributed by atoms with Crippen molar-refractivity contribution in [1.82, 2.24) is 0 Å². The Balaban J connectivity index is 2.27. The van der Waals surface area contributed by atoms with Crippen LogP contribution in [0.5, 0.6) is 0 Å². The molecule has 0 atom stereocenters. The summed E-state index contributed by atoms with van der Waals surface area (Å²) in [6, 6.07) is 19.7. The second-order valence-corrected chi connectivity index (χ2v) is 5.92. The van der Waals surface area contributed by atoms with E-state index in [-0.39, 0.29) is 5.92 Å². The highest BCUT2D eigenvalue weighted by Gasteiger charge is 2.21. The molecule has 3 aromatic carbocycles. The van der Waals surface area contributed by atoms with E-state index < -0.39 is 0 Å². The number of hydrogen-bond donors (Lipinski definition) is 2. The Kier molecular flexibility index (Phi) is 5.24. The Hall–Kier alpha value is -3.98. The zero-order valence-electron chi connectivity index (χ0n) is 14.3. The predicted molar refractivity (Wildman–Crippen MR) is 105 cm³/mol. The number of hydrogen-bond acceptors (Lipinski definition) is 6. The monoisotopic (exact) mass is 356 g/mol. The molecule has 0 saturated carbocycles. The van der Waals surface area contributed by atoms with Crippen molar-refractivity contribution in [1.29, 1.82) is 0 Å². The summed E-state index contributed by atoms with van der Waals surface area (Å²) in [4.78, 5) is 29.1. The lowest BCUT2D eigenvalue weighted by molar-refractivity contribution is 0.564. The topological polar surface area (TPSA) is 111 Å². The van der Waals surface area contributed by atoms with E-state index in [1.807, 2.05) is 24.3 Å². The standard InChI is InChI=1S/C21H16N4O2/c22-16-5-1-14(2-6-16)21(15-3-7-17(23)8-4-15)19-11-18(24-12-26)9-10-20(19)25-13-27/h1-11,21H,22-23H2. The van der Waals surface area contributed by atoms with E-state index in [0.717, 1.165) is 11.1 Å². The van der Waals surface area contributed by atoms with Crippen LogP contribution in [-0.2, 0) is 9.59 Å². The van der Waals surface area contributed by atoms with Gasteiger partial charge < -0.3 is 11.5 Å². The summed E-state index contributed by atoms with van der Waals surface area (Å²) in [7, 11) is 0. The number of nitrogens with two attached hydrogens (primary N) is 2. The van der Waals surface area contributed by atoms with Crippen LogP contribution in [0.3, 0.4) is 0 Å². The van der Waals surface area contributed by atoms with E-state index in [4.69, 9.17) is 11.5 Å². The number of carbonyl (C=O) groups excluding carboxylic acids is 2. The van der Waals surface area contributed by atoms with E-state index in [0.29, 0.717) is 28.3 Å². The lowest BCUT2D eigenvalue weighted by Crippen LogP contribution is -2.04. The molecular formula is C21H16N4O2. The van der Waals surface area contributed by atoms with Crippen LogP contribution in [0.15, 0.2) is 76.7 Å². The van der Waals surface area contributed by atoms with Gasteiger partial charge in [-0.1, -0.05) is 24.3 Å². The maximum Gasteiger partial charge on any atom is 0.240 e. The molecular weight excluding hydrogens is 340 g/mol. The number of nitrogens with zero attached hydrogens (tertiary/aromatic N) is 2. The first-order valence-corrected chi connectivity index (χ1v) is 8.13. The van der Waals surface area contributed by atoms with Gasteiger partial charge in [0, 0.05) is 17.3 Å². The number of benzene rings is 3. The van der Waals surface area contributed by atoms with Gasteiger partial charge >= 0.3 is 0 Å². The van der Waals surface area contributed by atoms with Crippen LogP contribution in [0.4, 0.5) is 22.7 Å². The van der Waals surface area contributed by atoms with Gasteiger partial charge in [0.25, 0.3) is 0 Å². The number of aliphatic imine (C=N–C) groups is 2. The molecule has 0 aliphatic heterocycles. The Morgan fingerprint density at radius 1 is 0.704 bits per heavy atom. The van der Waals surface area contributed by atoms with E-state index >= 15 is 0 Å². The highest BCUT2D eigenvalue weighted by Crippen LogP contribution is 2.39. The summed E-state index contributed by atoms with van der Waals surface area (Å²) in [5.41, 5.74) is 16.3. The van der Waals surface area contributed by atoms with Crippen LogP contribution in [0.25, 0.3) is 0 Å². The fraction of sp³-hybridized carbons (Fsp3) is 0.0476. The molecule has 4 N–H and O–H groups in total. The van der Waals surface area contributed by atoms with Gasteiger partial charge in [-0.15, -0.1) is 0 Å². The minimum absolute atomic E-state index is 0.278. The van der Waals surface area contributed by atoms with Crippen molar-refractivity contribution in [3.8, 4) is 0 Å². The largest absolute Gasteiger partial charge is 0.399 e. The molecule has 132 valence electrons. The predicted octanol–water partition coefficient (Wildman–Crippen LogP) is 3.97. The number of isocyanates is 2. The molecule has 0 amide bonds. The normalized spacial score (nSPS) is 10.1. The molecule has 3 rings (SSSR count). The fourth-order valence-electron chi connectivity index (χ4n) is 2.97. The van der Waals surface area contributed by atoms with E-state index in [1.54, 1.807) is 48.5 Å². The van der Waals surface area contributed by atoms with Crippen LogP contribution in [0.2, 0.25) is 0 Å². The Bertz CT molecular complexity index is 1000. The highest BCUT2D eigenvalue weighted by molar-refractivity contribution is 5.65. The molecule has 6 heteroatoms. The lowest BCUT2D eigenvalue weighted by Gasteiger charge is -2.21. The number of anilines is 2. The lowest BCUT2D eigenvalue weighted by atomic mass is 9.84. The molecule has 0 aliphatic rings. The Morgan fingerprint density at radius 3 is 1.70 bits per heavy atom. The zero-order chi connectivity index (χ0) is 19.2. The van der Waals surface area contributed by atoms with Gasteiger partial charge in [-0.2, -0.15) is 9.98 Å². The summed E-state index contributed by atoms with van der Waals surface area (Å²) in [5, 5.41) is 0. The summed E-state index contributed by atoms with van der Waals surface area (Å²) in [5.74, 6) is -0.278. The molecule has 3 aromatic rings. The van der Waals surface area contributed by atoms with Crippen LogP contribution >= 0.6 is 0 Å². The minimum Gasteiger partial charge on any atom is -0.399 e. The zero-order valence-corrected chi connectivity index (χ0v) is 14.3. The first-order chi connectivity index (χ1) is 13.1. The van der Waals surface area contributed by atoms with Crippen molar-refractivity contribution < 1.29 is 9.59 Å². The molecule has 0 radical (unpaired) electrons. The summed E-state index contributed by atoms with van der Waals surface area (Å²) in [6.07, 6.45) is 3.11. The molecule has 0 fully saturated rings. The number of nitrogen functional groups attached to an aromatic ring is 2. The van der Waals surface area contributed by atoms with Crippen LogP contribution in [0, 0.1) is 0 Å². The second kappa shape index (κ2) is 7.93. The van der Waals surface area contributed by atoms with Gasteiger partial charge in [0.05, 0.1) is 11.4 Å². The molecule has 0 unspecified atom stereocenters. The SMILES string of the molecule is Nc1ccc(C(c2ccc(N)cc2)c2cc(N=C=O)ccc2N=C=O)cc1. The van der Waals surface area contributed by atoms with E-state index in [1.165, 1.54) is 6.08 Å². The number of rotatable bonds is 5. The molecule has 0 aromatic heterocycles. The maximum absolute atomic E-state index is 10.9. The third-order valence-corrected chi connectivity index (χ3v) is 4.20. The van der Waals surface area contributed by atoms with Gasteiger partial charge in [-0.25, -0.2) is 9.59 Å². The average Bonchev–Trinajstić information content (AvgIpc) is 2.67. The summed E-state index contributed by atoms with van der Waals surface area (Å²) in [6.45, 7) is 0. The molecule has 27 heavy (non-hydrogen) atoms. The van der Waals surface area contributed by atoms with E-state index in [9.17, 15) is 9.59 Å². The molecule has 0 aliphatic carbocycles. The van der Waals surface area contributed by atoms with Crippen molar-refractivity contribution in [3.63, 3.8) is 0 Å².